The van der Waals surface area contributed by atoms with Gasteiger partial charge in [-0.05, 0) is 51.0 Å². The molecule has 1 rings (SSSR count). The number of allylic oxidation sites excluding steroid dienone is 1. The highest BCUT2D eigenvalue weighted by Gasteiger charge is 2.36. The van der Waals surface area contributed by atoms with Gasteiger partial charge in [-0.2, -0.15) is 0 Å². The minimum absolute atomic E-state index is 0.108. The highest BCUT2D eigenvalue weighted by Crippen LogP contribution is 2.35. The predicted octanol–water partition coefficient (Wildman–Crippen LogP) is 3.53. The molecule has 1 heterocycles. The number of hydrogen-bond acceptors (Lipinski definition) is 2. The molecule has 0 aromatic heterocycles. The quantitative estimate of drug-likeness (QED) is 0.572. The Morgan fingerprint density at radius 2 is 1.93 bits per heavy atom. The third kappa shape index (κ3) is 2.61. The molecule has 0 radical (unpaired) electrons. The van der Waals surface area contributed by atoms with Gasteiger partial charge in [0.25, 0.3) is 0 Å². The van der Waals surface area contributed by atoms with Crippen LogP contribution in [0.25, 0.3) is 0 Å². The second-order valence-corrected chi connectivity index (χ2v) is 5.37. The zero-order valence-electron chi connectivity index (χ0n) is 10.5. The van der Waals surface area contributed by atoms with E-state index in [0.29, 0.717) is 11.8 Å². The number of carbonyl (C=O) groups is 1. The molecule has 0 spiro atoms. The van der Waals surface area contributed by atoms with Gasteiger partial charge in [0.15, 0.2) is 0 Å². The minimum atomic E-state index is -0.374. The molecule has 1 aliphatic rings. The van der Waals surface area contributed by atoms with Crippen molar-refractivity contribution in [2.24, 2.45) is 17.3 Å². The summed E-state index contributed by atoms with van der Waals surface area (Å²) in [5.41, 5.74) is 0.786. The van der Waals surface area contributed by atoms with Gasteiger partial charge in [-0.25, -0.2) is 0 Å². The Hall–Kier alpha value is -0.790. The van der Waals surface area contributed by atoms with Crippen molar-refractivity contribution in [3.05, 3.63) is 11.8 Å². The molecule has 0 aliphatic carbocycles. The normalized spacial score (nSPS) is 35.5. The monoisotopic (exact) mass is 210 g/mol. The van der Waals surface area contributed by atoms with Crippen molar-refractivity contribution >= 4 is 5.97 Å². The van der Waals surface area contributed by atoms with Gasteiger partial charge in [0.2, 0.25) is 0 Å². The fourth-order valence-corrected chi connectivity index (χ4v) is 1.70. The molecule has 0 amide bonds. The van der Waals surface area contributed by atoms with Gasteiger partial charge < -0.3 is 4.74 Å². The molecule has 0 saturated heterocycles. The maximum atomic E-state index is 11.8. The summed E-state index contributed by atoms with van der Waals surface area (Å²) in [5.74, 6) is 0.768. The molecular weight excluding hydrogens is 188 g/mol. The molecular formula is C13H22O2. The standard InChI is InChI=1S/C13H22O2/c1-9-6-7-11(3)13(4,5)12(14)15-8-10(9)2/h8-9,11H,6-7H2,1-5H3/b10-8-/t9?,11-/m0/s1. The van der Waals surface area contributed by atoms with E-state index in [1.807, 2.05) is 20.8 Å². The molecule has 0 bridgehead atoms. The Morgan fingerprint density at radius 3 is 2.53 bits per heavy atom. The summed E-state index contributed by atoms with van der Waals surface area (Å²) in [6.07, 6.45) is 3.84. The van der Waals surface area contributed by atoms with Crippen LogP contribution in [0, 0.1) is 17.3 Å². The highest BCUT2D eigenvalue weighted by molar-refractivity contribution is 5.76. The van der Waals surface area contributed by atoms with Crippen LogP contribution in [-0.4, -0.2) is 5.97 Å². The first-order chi connectivity index (χ1) is 6.85. The van der Waals surface area contributed by atoms with Gasteiger partial charge in [0.05, 0.1) is 11.7 Å². The second-order valence-electron chi connectivity index (χ2n) is 5.37. The topological polar surface area (TPSA) is 26.3 Å². The average molecular weight is 210 g/mol. The number of carbonyl (C=O) groups excluding carboxylic acids is 1. The molecule has 0 aromatic rings. The lowest BCUT2D eigenvalue weighted by Crippen LogP contribution is -2.32. The van der Waals surface area contributed by atoms with Crippen molar-refractivity contribution in [2.45, 2.75) is 47.5 Å². The van der Waals surface area contributed by atoms with Crippen LogP contribution in [0.4, 0.5) is 0 Å². The first-order valence-electron chi connectivity index (χ1n) is 5.73. The van der Waals surface area contributed by atoms with Crippen molar-refractivity contribution in [1.29, 1.82) is 0 Å². The van der Waals surface area contributed by atoms with Gasteiger partial charge in [0.1, 0.15) is 0 Å². The third-order valence-corrected chi connectivity index (χ3v) is 3.92. The van der Waals surface area contributed by atoms with Gasteiger partial charge in [0, 0.05) is 0 Å². The smallest absolute Gasteiger partial charge is 0.316 e. The first kappa shape index (κ1) is 12.3. The van der Waals surface area contributed by atoms with Gasteiger partial charge in [-0.3, -0.25) is 4.79 Å². The van der Waals surface area contributed by atoms with E-state index in [1.165, 1.54) is 0 Å². The number of hydrogen-bond donors (Lipinski definition) is 0. The minimum Gasteiger partial charge on any atom is -0.434 e. The van der Waals surface area contributed by atoms with E-state index in [9.17, 15) is 4.79 Å². The van der Waals surface area contributed by atoms with Crippen molar-refractivity contribution in [3.63, 3.8) is 0 Å². The molecule has 2 nitrogen and oxygen atoms in total. The van der Waals surface area contributed by atoms with Crippen LogP contribution in [0.2, 0.25) is 0 Å². The molecule has 1 aliphatic heterocycles. The maximum absolute atomic E-state index is 11.8. The lowest BCUT2D eigenvalue weighted by atomic mass is 9.76. The van der Waals surface area contributed by atoms with E-state index in [1.54, 1.807) is 6.26 Å². The molecule has 1 unspecified atom stereocenters. The van der Waals surface area contributed by atoms with Crippen LogP contribution in [-0.2, 0) is 9.53 Å². The van der Waals surface area contributed by atoms with E-state index in [0.717, 1.165) is 18.4 Å². The largest absolute Gasteiger partial charge is 0.434 e. The second kappa shape index (κ2) is 4.38. The summed E-state index contributed by atoms with van der Waals surface area (Å²) in [6, 6.07) is 0. The Balaban J connectivity index is 2.90. The third-order valence-electron chi connectivity index (χ3n) is 3.92. The molecule has 0 saturated carbocycles. The van der Waals surface area contributed by atoms with Crippen molar-refractivity contribution in [2.75, 3.05) is 0 Å². The lowest BCUT2D eigenvalue weighted by Gasteiger charge is -2.28. The van der Waals surface area contributed by atoms with E-state index in [-0.39, 0.29) is 11.4 Å². The summed E-state index contributed by atoms with van der Waals surface area (Å²) in [5, 5.41) is 0. The maximum Gasteiger partial charge on any atom is 0.316 e. The number of ether oxygens (including phenoxy) is 1. The van der Waals surface area contributed by atoms with Gasteiger partial charge in [-0.15, -0.1) is 0 Å². The summed E-state index contributed by atoms with van der Waals surface area (Å²) < 4.78 is 5.23. The summed E-state index contributed by atoms with van der Waals surface area (Å²) in [7, 11) is 0. The molecule has 0 fully saturated rings. The molecule has 86 valence electrons. The zero-order chi connectivity index (χ0) is 11.6. The van der Waals surface area contributed by atoms with Crippen LogP contribution in [0.3, 0.4) is 0 Å². The van der Waals surface area contributed by atoms with E-state index < -0.39 is 0 Å². The fourth-order valence-electron chi connectivity index (χ4n) is 1.70. The summed E-state index contributed by atoms with van der Waals surface area (Å²) in [4.78, 5) is 11.8. The van der Waals surface area contributed by atoms with Crippen LogP contribution in [0.15, 0.2) is 11.8 Å². The van der Waals surface area contributed by atoms with Gasteiger partial charge in [-0.1, -0.05) is 13.8 Å². The highest BCUT2D eigenvalue weighted by atomic mass is 16.5. The molecule has 2 heteroatoms. The first-order valence-corrected chi connectivity index (χ1v) is 5.73. The number of rotatable bonds is 0. The fraction of sp³-hybridized carbons (Fsp3) is 0.769. The van der Waals surface area contributed by atoms with E-state index in [4.69, 9.17) is 4.74 Å². The molecule has 0 N–H and O–H groups in total. The predicted molar refractivity (Wildman–Crippen MR) is 61.2 cm³/mol. The van der Waals surface area contributed by atoms with Crippen LogP contribution < -0.4 is 0 Å². The molecule has 0 aromatic carbocycles. The lowest BCUT2D eigenvalue weighted by molar-refractivity contribution is -0.150. The Morgan fingerprint density at radius 1 is 1.33 bits per heavy atom. The molecule has 2 atom stereocenters. The van der Waals surface area contributed by atoms with Crippen LogP contribution in [0.1, 0.15) is 47.5 Å². The zero-order valence-corrected chi connectivity index (χ0v) is 10.5. The molecule has 15 heavy (non-hydrogen) atoms. The van der Waals surface area contributed by atoms with Crippen molar-refractivity contribution in [3.8, 4) is 0 Å². The Bertz CT molecular complexity index is 276. The Labute approximate surface area is 92.7 Å². The van der Waals surface area contributed by atoms with E-state index >= 15 is 0 Å². The number of cyclic esters (lactones) is 1. The average Bonchev–Trinajstić information content (AvgIpc) is 2.21. The van der Waals surface area contributed by atoms with Gasteiger partial charge >= 0.3 is 5.97 Å². The van der Waals surface area contributed by atoms with Crippen molar-refractivity contribution < 1.29 is 9.53 Å². The van der Waals surface area contributed by atoms with Crippen LogP contribution in [0.5, 0.6) is 0 Å². The summed E-state index contributed by atoms with van der Waals surface area (Å²) in [6.45, 7) is 10.3. The Kier molecular flexibility index (Phi) is 3.58. The van der Waals surface area contributed by atoms with E-state index in [2.05, 4.69) is 13.8 Å². The SMILES string of the molecule is C/C1=C/OC(=O)C(C)(C)[C@@H](C)CCC1C. The van der Waals surface area contributed by atoms with Crippen molar-refractivity contribution in [1.82, 2.24) is 0 Å². The summed E-state index contributed by atoms with van der Waals surface area (Å²) >= 11 is 0. The number of esters is 1. The van der Waals surface area contributed by atoms with Crippen LogP contribution >= 0.6 is 0 Å².